The van der Waals surface area contributed by atoms with Crippen molar-refractivity contribution in [3.05, 3.63) is 0 Å². The van der Waals surface area contributed by atoms with E-state index >= 15 is 0 Å². The highest BCUT2D eigenvalue weighted by Crippen LogP contribution is 1.80. The standard InChI is InChI=1S/C4H2N4O2/c5-1-8(2-6)4(10)3(7)9/h(H2,7,9). The van der Waals surface area contributed by atoms with E-state index in [0.29, 0.717) is 0 Å². The Hall–Kier alpha value is -2.08. The fourth-order valence-corrected chi connectivity index (χ4v) is 0.223. The van der Waals surface area contributed by atoms with Crippen LogP contribution in [0.25, 0.3) is 0 Å². The molecule has 50 valence electrons. The Morgan fingerprint density at radius 3 is 1.80 bits per heavy atom. The predicted octanol–water partition coefficient (Wildman–Crippen LogP) is -1.74. The summed E-state index contributed by atoms with van der Waals surface area (Å²) in [7, 11) is 0. The molecule has 0 saturated carbocycles. The molecular weight excluding hydrogens is 136 g/mol. The molecule has 0 aromatic heterocycles. The first-order valence-corrected chi connectivity index (χ1v) is 2.06. The van der Waals surface area contributed by atoms with Gasteiger partial charge in [-0.05, 0) is 0 Å². The molecule has 0 rings (SSSR count). The maximum Gasteiger partial charge on any atom is 0.338 e. The molecule has 6 nitrogen and oxygen atoms in total. The molecule has 10 heavy (non-hydrogen) atoms. The van der Waals surface area contributed by atoms with Gasteiger partial charge in [0.25, 0.3) is 0 Å². The largest absolute Gasteiger partial charge is 0.361 e. The number of rotatable bonds is 0. The van der Waals surface area contributed by atoms with Gasteiger partial charge in [-0.2, -0.15) is 10.5 Å². The third-order valence-corrected chi connectivity index (χ3v) is 0.614. The van der Waals surface area contributed by atoms with Gasteiger partial charge in [-0.1, -0.05) is 0 Å². The lowest BCUT2D eigenvalue weighted by molar-refractivity contribution is -0.140. The first-order chi connectivity index (χ1) is 4.63. The van der Waals surface area contributed by atoms with Crippen LogP contribution in [0.2, 0.25) is 0 Å². The van der Waals surface area contributed by atoms with Crippen molar-refractivity contribution in [1.29, 1.82) is 10.5 Å². The van der Waals surface area contributed by atoms with Crippen molar-refractivity contribution in [2.24, 2.45) is 5.73 Å². The summed E-state index contributed by atoms with van der Waals surface area (Å²) in [5.41, 5.74) is 4.46. The maximum atomic E-state index is 10.3. The summed E-state index contributed by atoms with van der Waals surface area (Å²) >= 11 is 0. The van der Waals surface area contributed by atoms with E-state index in [1.165, 1.54) is 0 Å². The second-order valence-corrected chi connectivity index (χ2v) is 1.20. The molecule has 0 aliphatic heterocycles. The highest BCUT2D eigenvalue weighted by Gasteiger charge is 2.17. The van der Waals surface area contributed by atoms with Crippen LogP contribution in [0.1, 0.15) is 0 Å². The topological polar surface area (TPSA) is 111 Å². The lowest BCUT2D eigenvalue weighted by atomic mass is 10.5. The molecule has 2 N–H and O–H groups in total. The highest BCUT2D eigenvalue weighted by atomic mass is 16.2. The number of carbonyl (C=O) groups excluding carboxylic acids is 2. The van der Waals surface area contributed by atoms with E-state index in [1.807, 2.05) is 0 Å². The van der Waals surface area contributed by atoms with Crippen LogP contribution < -0.4 is 5.73 Å². The lowest BCUT2D eigenvalue weighted by Crippen LogP contribution is -2.34. The quantitative estimate of drug-likeness (QED) is 0.243. The molecule has 0 aromatic rings. The second-order valence-electron chi connectivity index (χ2n) is 1.20. The minimum atomic E-state index is -1.33. The summed E-state index contributed by atoms with van der Waals surface area (Å²) in [4.78, 5) is 20.3. The van der Waals surface area contributed by atoms with Crippen molar-refractivity contribution in [2.75, 3.05) is 0 Å². The number of hydrogen-bond acceptors (Lipinski definition) is 4. The van der Waals surface area contributed by atoms with Crippen LogP contribution in [0.5, 0.6) is 0 Å². The van der Waals surface area contributed by atoms with Gasteiger partial charge in [-0.25, -0.2) is 0 Å². The molecule has 0 heterocycles. The number of carbonyl (C=O) groups is 2. The third-order valence-electron chi connectivity index (χ3n) is 0.614. The molecule has 0 aromatic carbocycles. The van der Waals surface area contributed by atoms with Crippen molar-refractivity contribution in [3.63, 3.8) is 0 Å². The van der Waals surface area contributed by atoms with Crippen molar-refractivity contribution in [2.45, 2.75) is 0 Å². The number of hydrogen-bond donors (Lipinski definition) is 1. The molecule has 0 aliphatic rings. The van der Waals surface area contributed by atoms with Crippen LogP contribution in [0.3, 0.4) is 0 Å². The maximum absolute atomic E-state index is 10.3. The Morgan fingerprint density at radius 2 is 1.70 bits per heavy atom. The fraction of sp³-hybridized carbons (Fsp3) is 0. The summed E-state index contributed by atoms with van der Waals surface area (Å²) < 4.78 is 0. The van der Waals surface area contributed by atoms with Crippen molar-refractivity contribution < 1.29 is 9.59 Å². The molecule has 6 heteroatoms. The average molecular weight is 138 g/mol. The number of primary amides is 1. The van der Waals surface area contributed by atoms with E-state index in [-0.39, 0.29) is 4.90 Å². The minimum Gasteiger partial charge on any atom is -0.361 e. The summed E-state index contributed by atoms with van der Waals surface area (Å²) in [5, 5.41) is 15.9. The van der Waals surface area contributed by atoms with Gasteiger partial charge in [0.2, 0.25) is 12.4 Å². The molecular formula is C4H2N4O2. The first-order valence-electron chi connectivity index (χ1n) is 2.06. The van der Waals surface area contributed by atoms with Crippen molar-refractivity contribution >= 4 is 11.8 Å². The molecule has 0 unspecified atom stereocenters. The first kappa shape index (κ1) is 7.92. The normalized spacial score (nSPS) is 7.00. The number of nitriles is 2. The van der Waals surface area contributed by atoms with E-state index in [4.69, 9.17) is 10.5 Å². The van der Waals surface area contributed by atoms with Gasteiger partial charge in [0.1, 0.15) is 0 Å². The fourth-order valence-electron chi connectivity index (χ4n) is 0.223. The van der Waals surface area contributed by atoms with Gasteiger partial charge >= 0.3 is 11.8 Å². The van der Waals surface area contributed by atoms with Gasteiger partial charge in [-0.15, -0.1) is 4.90 Å². The molecule has 2 amide bonds. The molecule has 0 radical (unpaired) electrons. The zero-order valence-corrected chi connectivity index (χ0v) is 4.74. The zero-order valence-electron chi connectivity index (χ0n) is 4.74. The molecule has 0 fully saturated rings. The number of amides is 2. The Morgan fingerprint density at radius 1 is 1.30 bits per heavy atom. The molecule has 0 saturated heterocycles. The minimum absolute atomic E-state index is 0.0116. The number of nitrogens with zero attached hydrogens (tertiary/aromatic N) is 3. The van der Waals surface area contributed by atoms with Gasteiger partial charge < -0.3 is 5.73 Å². The van der Waals surface area contributed by atoms with Crippen LogP contribution >= 0.6 is 0 Å². The predicted molar refractivity (Wildman–Crippen MR) is 27.3 cm³/mol. The van der Waals surface area contributed by atoms with E-state index in [1.54, 1.807) is 0 Å². The van der Waals surface area contributed by atoms with Crippen LogP contribution in [-0.2, 0) is 9.59 Å². The van der Waals surface area contributed by atoms with Gasteiger partial charge in [0.05, 0.1) is 0 Å². The van der Waals surface area contributed by atoms with Crippen LogP contribution in [-0.4, -0.2) is 16.7 Å². The van der Waals surface area contributed by atoms with Crippen molar-refractivity contribution in [3.8, 4) is 12.4 Å². The van der Waals surface area contributed by atoms with Crippen LogP contribution in [0, 0.1) is 22.9 Å². The number of nitrogens with two attached hydrogens (primary N) is 1. The molecule has 0 atom stereocenters. The summed E-state index contributed by atoms with van der Waals surface area (Å²) in [6.07, 6.45) is 2.31. The van der Waals surface area contributed by atoms with E-state index in [0.717, 1.165) is 12.4 Å². The average Bonchev–Trinajstić information content (AvgIpc) is 1.90. The van der Waals surface area contributed by atoms with Crippen LogP contribution in [0.15, 0.2) is 0 Å². The van der Waals surface area contributed by atoms with Crippen molar-refractivity contribution in [1.82, 2.24) is 4.90 Å². The Labute approximate surface area is 56.0 Å². The third kappa shape index (κ3) is 1.46. The zero-order chi connectivity index (χ0) is 8.15. The highest BCUT2D eigenvalue weighted by molar-refractivity contribution is 6.35. The molecule has 0 aliphatic carbocycles. The Balaban J connectivity index is 4.40. The van der Waals surface area contributed by atoms with Gasteiger partial charge in [0, 0.05) is 0 Å². The summed E-state index contributed by atoms with van der Waals surface area (Å²) in [6.45, 7) is 0. The van der Waals surface area contributed by atoms with Gasteiger partial charge in [0.15, 0.2) is 0 Å². The Kier molecular flexibility index (Phi) is 2.41. The molecule has 0 spiro atoms. The monoisotopic (exact) mass is 138 g/mol. The van der Waals surface area contributed by atoms with E-state index in [2.05, 4.69) is 5.73 Å². The smallest absolute Gasteiger partial charge is 0.338 e. The van der Waals surface area contributed by atoms with E-state index in [9.17, 15) is 9.59 Å². The van der Waals surface area contributed by atoms with Crippen LogP contribution in [0.4, 0.5) is 0 Å². The second kappa shape index (κ2) is 3.05. The summed E-state index contributed by atoms with van der Waals surface area (Å²) in [5.74, 6) is -2.66. The Bertz CT molecular complexity index is 231. The lowest BCUT2D eigenvalue weighted by Gasteiger charge is -1.95. The molecule has 0 bridgehead atoms. The SMILES string of the molecule is N#CN(C#N)C(=O)C(N)=O. The summed E-state index contributed by atoms with van der Waals surface area (Å²) in [6, 6.07) is 0. The van der Waals surface area contributed by atoms with E-state index < -0.39 is 11.8 Å². The van der Waals surface area contributed by atoms with Gasteiger partial charge in [-0.3, -0.25) is 9.59 Å².